The number of hydrogen-bond donors (Lipinski definition) is 0. The van der Waals surface area contributed by atoms with Crippen molar-refractivity contribution < 1.29 is 23.8 Å². The summed E-state index contributed by atoms with van der Waals surface area (Å²) in [6.45, 7) is 3.79. The number of Topliss-reactive ketones (excluding diaryl/α,β-unsaturated/α-hetero) is 2. The second-order valence-corrected chi connectivity index (χ2v) is 7.55. The Labute approximate surface area is 162 Å². The second-order valence-electron chi connectivity index (χ2n) is 7.17. The summed E-state index contributed by atoms with van der Waals surface area (Å²) in [7, 11) is 2.92. The zero-order chi connectivity index (χ0) is 19.5. The van der Waals surface area contributed by atoms with Crippen molar-refractivity contribution in [3.8, 4) is 17.2 Å². The van der Waals surface area contributed by atoms with Crippen LogP contribution in [0.1, 0.15) is 43.5 Å². The fourth-order valence-corrected chi connectivity index (χ4v) is 4.44. The normalized spacial score (nSPS) is 26.6. The van der Waals surface area contributed by atoms with E-state index in [1.54, 1.807) is 6.07 Å². The van der Waals surface area contributed by atoms with E-state index in [0.29, 0.717) is 30.6 Å². The van der Waals surface area contributed by atoms with Crippen LogP contribution in [0, 0.1) is 5.92 Å². The fourth-order valence-electron chi connectivity index (χ4n) is 4.17. The smallest absolute Gasteiger partial charge is 0.236 e. The molecule has 0 saturated carbocycles. The van der Waals surface area contributed by atoms with Crippen LogP contribution in [0.4, 0.5) is 0 Å². The predicted octanol–water partition coefficient (Wildman–Crippen LogP) is 3.79. The van der Waals surface area contributed by atoms with Crippen molar-refractivity contribution in [2.24, 2.45) is 10.9 Å². The molecule has 1 aliphatic carbocycles. The van der Waals surface area contributed by atoms with Crippen molar-refractivity contribution in [1.29, 1.82) is 0 Å². The summed E-state index contributed by atoms with van der Waals surface area (Å²) < 4.78 is 16.7. The highest BCUT2D eigenvalue weighted by Crippen LogP contribution is 2.54. The van der Waals surface area contributed by atoms with E-state index in [1.165, 1.54) is 14.2 Å². The SMILES string of the molecule is COc1cc(OC)c2c(c1Cl)OC1(C(=O)C3=C(CC1C)N=C(C)CC3)C2=O. The van der Waals surface area contributed by atoms with Crippen LogP contribution in [0.5, 0.6) is 17.2 Å². The Morgan fingerprint density at radius 2 is 1.89 bits per heavy atom. The van der Waals surface area contributed by atoms with Crippen LogP contribution in [-0.2, 0) is 4.79 Å². The van der Waals surface area contributed by atoms with Crippen molar-refractivity contribution in [2.75, 3.05) is 14.2 Å². The van der Waals surface area contributed by atoms with Crippen LogP contribution in [0.15, 0.2) is 22.3 Å². The molecular weight excluding hydrogens is 370 g/mol. The van der Waals surface area contributed by atoms with Gasteiger partial charge in [-0.25, -0.2) is 0 Å². The second kappa shape index (κ2) is 6.09. The molecule has 1 aromatic carbocycles. The maximum Gasteiger partial charge on any atom is 0.236 e. The van der Waals surface area contributed by atoms with Crippen molar-refractivity contribution in [3.63, 3.8) is 0 Å². The number of halogens is 1. The van der Waals surface area contributed by atoms with Gasteiger partial charge in [-0.3, -0.25) is 14.6 Å². The van der Waals surface area contributed by atoms with Crippen LogP contribution in [0.25, 0.3) is 0 Å². The van der Waals surface area contributed by atoms with Crippen molar-refractivity contribution in [3.05, 3.63) is 27.9 Å². The molecule has 0 aromatic heterocycles. The highest BCUT2D eigenvalue weighted by molar-refractivity contribution is 6.36. The van der Waals surface area contributed by atoms with E-state index < -0.39 is 11.4 Å². The number of fused-ring (bicyclic) bond motifs is 1. The quantitative estimate of drug-likeness (QED) is 0.719. The third-order valence-electron chi connectivity index (χ3n) is 5.63. The summed E-state index contributed by atoms with van der Waals surface area (Å²) in [5.41, 5.74) is 0.932. The van der Waals surface area contributed by atoms with Gasteiger partial charge in [0.15, 0.2) is 5.75 Å². The number of rotatable bonds is 2. The molecule has 6 nitrogen and oxygen atoms in total. The average molecular weight is 390 g/mol. The summed E-state index contributed by atoms with van der Waals surface area (Å²) in [4.78, 5) is 31.5. The molecule has 0 amide bonds. The number of aliphatic imine (C=N–C) groups is 1. The Kier molecular flexibility index (Phi) is 4.07. The van der Waals surface area contributed by atoms with Crippen LogP contribution in [0.3, 0.4) is 0 Å². The van der Waals surface area contributed by atoms with Gasteiger partial charge in [0.25, 0.3) is 0 Å². The maximum atomic E-state index is 13.5. The lowest BCUT2D eigenvalue weighted by Gasteiger charge is -2.38. The highest BCUT2D eigenvalue weighted by Gasteiger charge is 2.62. The molecule has 2 unspecified atom stereocenters. The Bertz CT molecular complexity index is 948. The van der Waals surface area contributed by atoms with Gasteiger partial charge in [0.2, 0.25) is 17.2 Å². The number of carbonyl (C=O) groups excluding carboxylic acids is 2. The number of nitrogens with zero attached hydrogens (tertiary/aromatic N) is 1. The minimum Gasteiger partial charge on any atom is -0.496 e. The fraction of sp³-hybridized carbons (Fsp3) is 0.450. The van der Waals surface area contributed by atoms with Gasteiger partial charge in [-0.15, -0.1) is 0 Å². The highest BCUT2D eigenvalue weighted by atomic mass is 35.5. The Balaban J connectivity index is 1.89. The summed E-state index contributed by atoms with van der Waals surface area (Å²) in [5, 5.41) is 0.163. The van der Waals surface area contributed by atoms with Crippen molar-refractivity contribution >= 4 is 28.9 Å². The maximum absolute atomic E-state index is 13.5. The molecule has 0 N–H and O–H groups in total. The zero-order valence-corrected chi connectivity index (χ0v) is 16.4. The van der Waals surface area contributed by atoms with E-state index in [9.17, 15) is 9.59 Å². The van der Waals surface area contributed by atoms with Crippen LogP contribution in [-0.4, -0.2) is 37.1 Å². The standard InChI is InChI=1S/C20H20ClNO5/c1-9-7-12-11(6-5-10(2)22-12)18(23)20(9)19(24)15-13(25-3)8-14(26-4)16(21)17(15)27-20/h8-9H,5-7H2,1-4H3. The van der Waals surface area contributed by atoms with Crippen LogP contribution >= 0.6 is 11.6 Å². The molecule has 0 bridgehead atoms. The number of benzene rings is 1. The number of ether oxygens (including phenoxy) is 3. The number of hydrogen-bond acceptors (Lipinski definition) is 6. The van der Waals surface area contributed by atoms with E-state index in [1.807, 2.05) is 13.8 Å². The first kappa shape index (κ1) is 18.0. The van der Waals surface area contributed by atoms with E-state index in [2.05, 4.69) is 4.99 Å². The molecule has 27 heavy (non-hydrogen) atoms. The molecule has 0 saturated heterocycles. The molecule has 1 aromatic rings. The third-order valence-corrected chi connectivity index (χ3v) is 5.99. The summed E-state index contributed by atoms with van der Waals surface area (Å²) in [6.07, 6.45) is 1.77. The van der Waals surface area contributed by atoms with Gasteiger partial charge < -0.3 is 14.2 Å². The zero-order valence-electron chi connectivity index (χ0n) is 15.6. The number of allylic oxidation sites excluding steroid dienone is 1. The molecule has 0 radical (unpaired) electrons. The largest absolute Gasteiger partial charge is 0.496 e. The van der Waals surface area contributed by atoms with E-state index in [4.69, 9.17) is 25.8 Å². The Morgan fingerprint density at radius 3 is 2.56 bits per heavy atom. The predicted molar refractivity (Wildman–Crippen MR) is 100 cm³/mol. The van der Waals surface area contributed by atoms with Crippen molar-refractivity contribution in [1.82, 2.24) is 0 Å². The van der Waals surface area contributed by atoms with Gasteiger partial charge in [-0.1, -0.05) is 18.5 Å². The molecule has 142 valence electrons. The molecule has 2 heterocycles. The molecule has 3 aliphatic rings. The summed E-state index contributed by atoms with van der Waals surface area (Å²) in [5.74, 6) is -0.348. The van der Waals surface area contributed by atoms with Crippen LogP contribution in [0.2, 0.25) is 5.02 Å². The molecule has 1 spiro atoms. The van der Waals surface area contributed by atoms with E-state index in [-0.39, 0.29) is 33.8 Å². The van der Waals surface area contributed by atoms with Gasteiger partial charge in [0.05, 0.1) is 14.2 Å². The molecule has 4 rings (SSSR count). The number of carbonyl (C=O) groups is 2. The van der Waals surface area contributed by atoms with E-state index >= 15 is 0 Å². The minimum absolute atomic E-state index is 0.151. The van der Waals surface area contributed by atoms with Crippen molar-refractivity contribution in [2.45, 2.75) is 38.7 Å². The van der Waals surface area contributed by atoms with Crippen LogP contribution < -0.4 is 14.2 Å². The first-order valence-corrected chi connectivity index (χ1v) is 9.22. The molecule has 7 heteroatoms. The summed E-state index contributed by atoms with van der Waals surface area (Å²) >= 11 is 6.40. The Morgan fingerprint density at radius 1 is 1.19 bits per heavy atom. The minimum atomic E-state index is -1.62. The van der Waals surface area contributed by atoms with Gasteiger partial charge in [-0.05, 0) is 26.2 Å². The first-order chi connectivity index (χ1) is 12.8. The molecule has 2 atom stereocenters. The average Bonchev–Trinajstić information content (AvgIpc) is 2.96. The first-order valence-electron chi connectivity index (χ1n) is 8.84. The monoisotopic (exact) mass is 389 g/mol. The Hall–Kier alpha value is -2.34. The van der Waals surface area contributed by atoms with Gasteiger partial charge in [0.1, 0.15) is 22.1 Å². The van der Waals surface area contributed by atoms with Gasteiger partial charge in [-0.2, -0.15) is 0 Å². The molecular formula is C20H20ClNO5. The lowest BCUT2D eigenvalue weighted by molar-refractivity contribution is -0.130. The lowest BCUT2D eigenvalue weighted by atomic mass is 9.70. The molecule has 0 fully saturated rings. The number of ketones is 2. The lowest BCUT2D eigenvalue weighted by Crippen LogP contribution is -2.56. The van der Waals surface area contributed by atoms with E-state index in [0.717, 1.165) is 11.4 Å². The number of methoxy groups -OCH3 is 2. The summed E-state index contributed by atoms with van der Waals surface area (Å²) in [6, 6.07) is 1.54. The van der Waals surface area contributed by atoms with Gasteiger partial charge >= 0.3 is 0 Å². The topological polar surface area (TPSA) is 74.2 Å². The van der Waals surface area contributed by atoms with Gasteiger partial charge in [0, 0.05) is 29.0 Å². The molecule has 2 aliphatic heterocycles. The third kappa shape index (κ3) is 2.29.